The van der Waals surface area contributed by atoms with Crippen molar-refractivity contribution in [2.75, 3.05) is 28.4 Å². The summed E-state index contributed by atoms with van der Waals surface area (Å²) < 4.78 is 25.0. The van der Waals surface area contributed by atoms with Gasteiger partial charge in [-0.25, -0.2) is 9.79 Å². The van der Waals surface area contributed by atoms with E-state index >= 15 is 0 Å². The smallest absolute Gasteiger partial charge is 0.338 e. The quantitative estimate of drug-likeness (QED) is 0.474. The van der Waals surface area contributed by atoms with Crippen molar-refractivity contribution in [1.29, 1.82) is 0 Å². The Bertz CT molecular complexity index is 1500. The molecule has 1 aromatic carbocycles. The number of methoxy groups -OCH3 is 4. The molecule has 2 aromatic heterocycles. The van der Waals surface area contributed by atoms with Gasteiger partial charge in [0.25, 0.3) is 5.56 Å². The molecule has 0 spiro atoms. The van der Waals surface area contributed by atoms with Crippen molar-refractivity contribution < 1.29 is 23.7 Å². The first-order valence-electron chi connectivity index (χ1n) is 10.6. The number of carbonyl (C=O) groups is 1. The molecule has 0 saturated carbocycles. The van der Waals surface area contributed by atoms with Crippen LogP contribution < -0.4 is 29.1 Å². The number of thiazole rings is 1. The fourth-order valence-corrected chi connectivity index (χ4v) is 5.15. The van der Waals surface area contributed by atoms with Gasteiger partial charge in [-0.2, -0.15) is 5.10 Å². The van der Waals surface area contributed by atoms with E-state index in [1.54, 1.807) is 43.1 Å². The first-order chi connectivity index (χ1) is 16.7. The third-order valence-corrected chi connectivity index (χ3v) is 6.96. The minimum atomic E-state index is -0.713. The predicted molar refractivity (Wildman–Crippen MR) is 130 cm³/mol. The second kappa shape index (κ2) is 9.41. The summed E-state index contributed by atoms with van der Waals surface area (Å²) in [5.41, 5.74) is 2.74. The Morgan fingerprint density at radius 2 is 1.74 bits per heavy atom. The van der Waals surface area contributed by atoms with Crippen LogP contribution in [-0.2, 0) is 16.6 Å². The normalized spacial score (nSPS) is 15.5. The molecule has 3 aromatic rings. The van der Waals surface area contributed by atoms with Crippen LogP contribution >= 0.6 is 11.3 Å². The van der Waals surface area contributed by atoms with Crippen LogP contribution in [0.4, 0.5) is 0 Å². The van der Waals surface area contributed by atoms with Crippen LogP contribution in [0.5, 0.6) is 17.2 Å². The van der Waals surface area contributed by atoms with Gasteiger partial charge < -0.3 is 18.9 Å². The molecule has 0 amide bonds. The van der Waals surface area contributed by atoms with Crippen molar-refractivity contribution in [3.63, 3.8) is 0 Å². The van der Waals surface area contributed by atoms with Crippen molar-refractivity contribution >= 4 is 23.4 Å². The van der Waals surface area contributed by atoms with Gasteiger partial charge in [0.2, 0.25) is 5.75 Å². The van der Waals surface area contributed by atoms with Gasteiger partial charge in [-0.3, -0.25) is 14.0 Å². The summed E-state index contributed by atoms with van der Waals surface area (Å²) in [5.74, 6) is 0.856. The number of esters is 1. The van der Waals surface area contributed by atoms with Gasteiger partial charge in [-0.1, -0.05) is 11.3 Å². The molecule has 184 valence electrons. The van der Waals surface area contributed by atoms with Gasteiger partial charge >= 0.3 is 5.97 Å². The average molecular weight is 499 g/mol. The highest BCUT2D eigenvalue weighted by Crippen LogP contribution is 2.38. The molecule has 0 N–H and O–H groups in total. The van der Waals surface area contributed by atoms with Gasteiger partial charge in [0.05, 0.1) is 50.4 Å². The van der Waals surface area contributed by atoms with Crippen molar-refractivity contribution in [2.24, 2.45) is 12.0 Å². The molecular formula is C24H26N4O6S. The molecule has 10 nitrogen and oxygen atoms in total. The summed E-state index contributed by atoms with van der Waals surface area (Å²) in [5, 5.41) is 4.32. The van der Waals surface area contributed by atoms with E-state index in [-0.39, 0.29) is 5.56 Å². The van der Waals surface area contributed by atoms with Crippen LogP contribution in [0, 0.1) is 6.92 Å². The zero-order chi connectivity index (χ0) is 25.4. The molecule has 11 heteroatoms. The predicted octanol–water partition coefficient (Wildman–Crippen LogP) is 1.48. The Kier molecular flexibility index (Phi) is 6.53. The van der Waals surface area contributed by atoms with E-state index in [4.69, 9.17) is 18.9 Å². The van der Waals surface area contributed by atoms with Crippen LogP contribution in [0.15, 0.2) is 39.4 Å². The summed E-state index contributed by atoms with van der Waals surface area (Å²) >= 11 is 1.23. The third kappa shape index (κ3) is 4.01. The molecule has 1 aliphatic rings. The maximum Gasteiger partial charge on any atom is 0.338 e. The highest BCUT2D eigenvalue weighted by Gasteiger charge is 2.35. The van der Waals surface area contributed by atoms with E-state index in [0.717, 1.165) is 11.3 Å². The van der Waals surface area contributed by atoms with E-state index in [1.165, 1.54) is 44.3 Å². The number of carbonyl (C=O) groups excluding carboxylic acids is 1. The van der Waals surface area contributed by atoms with Gasteiger partial charge in [-0.05, 0) is 37.6 Å². The number of fused-ring (bicyclic) bond motifs is 1. The maximum absolute atomic E-state index is 13.7. The second-order valence-electron chi connectivity index (χ2n) is 7.84. The van der Waals surface area contributed by atoms with E-state index < -0.39 is 12.0 Å². The molecule has 0 fully saturated rings. The molecule has 1 atom stereocenters. The molecule has 0 aliphatic carbocycles. The fraction of sp³-hybridized carbons (Fsp3) is 0.333. The molecule has 35 heavy (non-hydrogen) atoms. The highest BCUT2D eigenvalue weighted by atomic mass is 32.1. The lowest BCUT2D eigenvalue weighted by molar-refractivity contribution is -0.136. The lowest BCUT2D eigenvalue weighted by Crippen LogP contribution is -2.40. The number of ether oxygens (including phenoxy) is 4. The minimum absolute atomic E-state index is 0.287. The average Bonchev–Trinajstić information content (AvgIpc) is 3.34. The first-order valence-corrected chi connectivity index (χ1v) is 11.5. The summed E-state index contributed by atoms with van der Waals surface area (Å²) in [7, 11) is 7.71. The zero-order valence-corrected chi connectivity index (χ0v) is 21.3. The van der Waals surface area contributed by atoms with Crippen LogP contribution in [-0.4, -0.2) is 48.8 Å². The summed E-state index contributed by atoms with van der Waals surface area (Å²) in [4.78, 5) is 31.5. The van der Waals surface area contributed by atoms with E-state index in [2.05, 4.69) is 10.1 Å². The van der Waals surface area contributed by atoms with Crippen LogP contribution in [0.2, 0.25) is 0 Å². The number of benzene rings is 1. The topological polar surface area (TPSA) is 106 Å². The Morgan fingerprint density at radius 3 is 2.26 bits per heavy atom. The number of hydrogen-bond donors (Lipinski definition) is 0. The summed E-state index contributed by atoms with van der Waals surface area (Å²) in [6.07, 6.45) is 3.40. The number of allylic oxidation sites excluding steroid dienone is 1. The van der Waals surface area contributed by atoms with Crippen LogP contribution in [0.1, 0.15) is 29.8 Å². The van der Waals surface area contributed by atoms with Crippen molar-refractivity contribution in [2.45, 2.75) is 19.9 Å². The molecule has 0 saturated heterocycles. The Morgan fingerprint density at radius 1 is 1.09 bits per heavy atom. The summed E-state index contributed by atoms with van der Waals surface area (Å²) in [6, 6.07) is 2.80. The van der Waals surface area contributed by atoms with Gasteiger partial charge in [-0.15, -0.1) is 0 Å². The first kappa shape index (κ1) is 24.3. The Balaban J connectivity index is 1.98. The second-order valence-corrected chi connectivity index (χ2v) is 8.85. The van der Waals surface area contributed by atoms with E-state index in [0.29, 0.717) is 43.4 Å². The third-order valence-electron chi connectivity index (χ3n) is 5.98. The van der Waals surface area contributed by atoms with Gasteiger partial charge in [0.1, 0.15) is 6.04 Å². The van der Waals surface area contributed by atoms with Crippen LogP contribution in [0.3, 0.4) is 0 Å². The Labute approximate surface area is 205 Å². The number of nitrogens with zero attached hydrogens (tertiary/aromatic N) is 4. The van der Waals surface area contributed by atoms with Crippen molar-refractivity contribution in [1.82, 2.24) is 14.3 Å². The molecule has 3 heterocycles. The molecule has 1 aliphatic heterocycles. The van der Waals surface area contributed by atoms with E-state index in [1.807, 2.05) is 6.92 Å². The standard InChI is InChI=1S/C24H26N4O6S/c1-12-19(23(30)34-7)20(15-11-25-27(3)13(15)2)28-22(29)18(35-24(28)26-12)10-14-8-16(31-4)21(33-6)17(9-14)32-5/h8-11,20H,1-7H3/b18-10+/t20-/m0/s1. The van der Waals surface area contributed by atoms with Crippen LogP contribution in [0.25, 0.3) is 6.08 Å². The minimum Gasteiger partial charge on any atom is -0.493 e. The molecule has 0 radical (unpaired) electrons. The largest absolute Gasteiger partial charge is 0.493 e. The van der Waals surface area contributed by atoms with Crippen molar-refractivity contribution in [3.8, 4) is 17.2 Å². The number of aromatic nitrogens is 3. The SMILES string of the molecule is COC(=O)C1=C(C)N=c2s/c(=C/c3cc(OC)c(OC)c(OC)c3)c(=O)n2[C@H]1c1cnn(C)c1C. The molecule has 4 rings (SSSR count). The number of hydrogen-bond acceptors (Lipinski definition) is 9. The monoisotopic (exact) mass is 498 g/mol. The zero-order valence-electron chi connectivity index (χ0n) is 20.5. The van der Waals surface area contributed by atoms with Crippen molar-refractivity contribution in [3.05, 3.63) is 66.1 Å². The maximum atomic E-state index is 13.7. The lowest BCUT2D eigenvalue weighted by Gasteiger charge is -2.23. The molecule has 0 unspecified atom stereocenters. The van der Waals surface area contributed by atoms with E-state index in [9.17, 15) is 9.59 Å². The fourth-order valence-electron chi connectivity index (χ4n) is 4.11. The summed E-state index contributed by atoms with van der Waals surface area (Å²) in [6.45, 7) is 3.62. The van der Waals surface area contributed by atoms with Gasteiger partial charge in [0, 0.05) is 18.3 Å². The van der Waals surface area contributed by atoms with Gasteiger partial charge in [0.15, 0.2) is 16.3 Å². The molecular weight excluding hydrogens is 472 g/mol. The lowest BCUT2D eigenvalue weighted by atomic mass is 9.96. The number of aryl methyl sites for hydroxylation is 1. The Hall–Kier alpha value is -3.86. The highest BCUT2D eigenvalue weighted by molar-refractivity contribution is 7.07. The number of rotatable bonds is 6. The molecule has 0 bridgehead atoms.